The van der Waals surface area contributed by atoms with Crippen molar-refractivity contribution in [3.05, 3.63) is 65.2 Å². The van der Waals surface area contributed by atoms with Crippen LogP contribution in [0.3, 0.4) is 0 Å². The van der Waals surface area contributed by atoms with E-state index in [4.69, 9.17) is 20.5 Å². The molecule has 1 atom stereocenters. The summed E-state index contributed by atoms with van der Waals surface area (Å²) in [6.45, 7) is 10.5. The third kappa shape index (κ3) is 7.81. The average molecular weight is 437 g/mol. The molecule has 0 radical (unpaired) electrons. The maximum atomic E-state index is 12.7. The molecule has 0 heterocycles. The fourth-order valence-corrected chi connectivity index (χ4v) is 5.68. The number of benzene rings is 2. The summed E-state index contributed by atoms with van der Waals surface area (Å²) in [6.07, 6.45) is 1.17. The maximum Gasteiger partial charge on any atom is 0.294 e. The molecule has 0 fully saturated rings. The standard InChI is InChI=1S/C24H34ClO3P/c1-7-28-29(25,26)17-20-15-21(24(5,6)18-23(2,3)4)13-14-22(20)27-16-19-11-9-8-10-12-19/h8-15H,7,16-18H2,1-6H3. The van der Waals surface area contributed by atoms with Crippen molar-refractivity contribution >= 4 is 18.0 Å². The second kappa shape index (κ2) is 9.69. The third-order valence-corrected chi connectivity index (χ3v) is 6.75. The molecule has 0 aromatic heterocycles. The Bertz CT molecular complexity index is 841. The Balaban J connectivity index is 2.35. The Kier molecular flexibility index (Phi) is 8.01. The van der Waals surface area contributed by atoms with Gasteiger partial charge in [0.25, 0.3) is 6.72 Å². The van der Waals surface area contributed by atoms with Gasteiger partial charge in [-0.15, -0.1) is 0 Å². The highest BCUT2D eigenvalue weighted by Gasteiger charge is 2.29. The van der Waals surface area contributed by atoms with E-state index in [0.29, 0.717) is 19.0 Å². The molecule has 0 N–H and O–H groups in total. The van der Waals surface area contributed by atoms with Crippen molar-refractivity contribution in [2.24, 2.45) is 5.41 Å². The first-order chi connectivity index (χ1) is 13.4. The Morgan fingerprint density at radius 1 is 1.00 bits per heavy atom. The van der Waals surface area contributed by atoms with Gasteiger partial charge in [0.15, 0.2) is 0 Å². The molecule has 5 heteroatoms. The first-order valence-corrected chi connectivity index (χ1v) is 12.9. The molecule has 1 unspecified atom stereocenters. The highest BCUT2D eigenvalue weighted by atomic mass is 35.7. The lowest BCUT2D eigenvalue weighted by molar-refractivity contribution is 0.282. The van der Waals surface area contributed by atoms with Crippen LogP contribution in [0.1, 0.15) is 64.7 Å². The van der Waals surface area contributed by atoms with E-state index in [1.807, 2.05) is 36.4 Å². The largest absolute Gasteiger partial charge is 0.489 e. The average Bonchev–Trinajstić information content (AvgIpc) is 2.59. The Morgan fingerprint density at radius 2 is 1.66 bits per heavy atom. The Hall–Kier alpha value is -1.28. The van der Waals surface area contributed by atoms with Crippen molar-refractivity contribution in [2.75, 3.05) is 6.61 Å². The van der Waals surface area contributed by atoms with Gasteiger partial charge in [-0.2, -0.15) is 0 Å². The van der Waals surface area contributed by atoms with Crippen molar-refractivity contribution in [2.45, 2.75) is 66.1 Å². The summed E-state index contributed by atoms with van der Waals surface area (Å²) < 4.78 is 24.1. The number of ether oxygens (including phenoxy) is 1. The summed E-state index contributed by atoms with van der Waals surface area (Å²) in [7, 11) is 0. The van der Waals surface area contributed by atoms with Gasteiger partial charge in [-0.05, 0) is 52.6 Å². The van der Waals surface area contributed by atoms with E-state index in [1.165, 1.54) is 5.56 Å². The monoisotopic (exact) mass is 436 g/mol. The molecule has 0 saturated carbocycles. The number of hydrogen-bond acceptors (Lipinski definition) is 3. The molecule has 0 amide bonds. The van der Waals surface area contributed by atoms with Gasteiger partial charge in [0.2, 0.25) is 0 Å². The number of halogens is 1. The highest BCUT2D eigenvalue weighted by Crippen LogP contribution is 2.56. The molecule has 0 bridgehead atoms. The minimum Gasteiger partial charge on any atom is -0.489 e. The van der Waals surface area contributed by atoms with Crippen molar-refractivity contribution in [3.8, 4) is 5.75 Å². The van der Waals surface area contributed by atoms with Crippen LogP contribution in [-0.2, 0) is 27.3 Å². The van der Waals surface area contributed by atoms with Gasteiger partial charge in [0, 0.05) is 5.56 Å². The van der Waals surface area contributed by atoms with Crippen molar-refractivity contribution in [3.63, 3.8) is 0 Å². The zero-order valence-corrected chi connectivity index (χ0v) is 20.1. The number of rotatable bonds is 9. The third-order valence-electron chi connectivity index (χ3n) is 4.73. The van der Waals surface area contributed by atoms with E-state index >= 15 is 0 Å². The van der Waals surface area contributed by atoms with Crippen LogP contribution in [0.4, 0.5) is 0 Å². The zero-order valence-electron chi connectivity index (χ0n) is 18.5. The van der Waals surface area contributed by atoms with Crippen LogP contribution in [0, 0.1) is 5.41 Å². The highest BCUT2D eigenvalue weighted by molar-refractivity contribution is 7.84. The molecule has 0 aliphatic heterocycles. The molecule has 2 aromatic rings. The van der Waals surface area contributed by atoms with E-state index in [2.05, 4.69) is 46.8 Å². The number of hydrogen-bond donors (Lipinski definition) is 0. The molecule has 0 aliphatic carbocycles. The summed E-state index contributed by atoms with van der Waals surface area (Å²) in [5.74, 6) is 0.699. The normalized spacial score (nSPS) is 14.4. The van der Waals surface area contributed by atoms with Crippen LogP contribution in [0.15, 0.2) is 48.5 Å². The van der Waals surface area contributed by atoms with Crippen LogP contribution in [0.5, 0.6) is 5.75 Å². The SMILES string of the molecule is CCOP(=O)(Cl)Cc1cc(C(C)(C)CC(C)(C)C)ccc1OCc1ccccc1. The minimum atomic E-state index is -3.26. The summed E-state index contributed by atoms with van der Waals surface area (Å²) >= 11 is 6.21. The van der Waals surface area contributed by atoms with Crippen LogP contribution >= 0.6 is 18.0 Å². The Labute approximate surface area is 181 Å². The Morgan fingerprint density at radius 3 is 2.24 bits per heavy atom. The predicted molar refractivity (Wildman–Crippen MR) is 123 cm³/mol. The molecule has 160 valence electrons. The summed E-state index contributed by atoms with van der Waals surface area (Å²) in [4.78, 5) is 0. The van der Waals surface area contributed by atoms with Crippen LogP contribution < -0.4 is 4.74 Å². The van der Waals surface area contributed by atoms with Crippen molar-refractivity contribution in [1.82, 2.24) is 0 Å². The fourth-order valence-electron chi connectivity index (χ4n) is 3.87. The lowest BCUT2D eigenvalue weighted by atomic mass is 9.72. The quantitative estimate of drug-likeness (QED) is 0.374. The van der Waals surface area contributed by atoms with Crippen molar-refractivity contribution in [1.29, 1.82) is 0 Å². The molecule has 2 rings (SSSR count). The van der Waals surface area contributed by atoms with E-state index < -0.39 is 6.72 Å². The minimum absolute atomic E-state index is 0.0348. The van der Waals surface area contributed by atoms with Crippen LogP contribution in [0.25, 0.3) is 0 Å². The maximum absolute atomic E-state index is 12.7. The van der Waals surface area contributed by atoms with E-state index in [9.17, 15) is 4.57 Å². The second-order valence-corrected chi connectivity index (χ2v) is 12.7. The van der Waals surface area contributed by atoms with Gasteiger partial charge in [-0.1, -0.05) is 77.1 Å². The first kappa shape index (κ1) is 24.0. The molecule has 3 nitrogen and oxygen atoms in total. The molecule has 0 spiro atoms. The van der Waals surface area contributed by atoms with E-state index in [0.717, 1.165) is 17.5 Å². The molecule has 29 heavy (non-hydrogen) atoms. The summed E-state index contributed by atoms with van der Waals surface area (Å²) in [5.41, 5.74) is 3.25. The van der Waals surface area contributed by atoms with Gasteiger partial charge in [-0.3, -0.25) is 4.57 Å². The first-order valence-electron chi connectivity index (χ1n) is 10.2. The molecule has 2 aromatic carbocycles. The van der Waals surface area contributed by atoms with Gasteiger partial charge >= 0.3 is 0 Å². The lowest BCUT2D eigenvalue weighted by Crippen LogP contribution is -2.25. The summed E-state index contributed by atoms with van der Waals surface area (Å²) in [6, 6.07) is 16.2. The fraction of sp³-hybridized carbons (Fsp3) is 0.500. The van der Waals surface area contributed by atoms with E-state index in [1.54, 1.807) is 6.92 Å². The van der Waals surface area contributed by atoms with Gasteiger partial charge in [0.05, 0.1) is 12.8 Å². The second-order valence-electron chi connectivity index (χ2n) is 9.38. The van der Waals surface area contributed by atoms with Crippen LogP contribution in [-0.4, -0.2) is 6.61 Å². The van der Waals surface area contributed by atoms with Gasteiger partial charge in [-0.25, -0.2) is 0 Å². The molecule has 0 saturated heterocycles. The molecular weight excluding hydrogens is 403 g/mol. The van der Waals surface area contributed by atoms with Crippen molar-refractivity contribution < 1.29 is 13.8 Å². The topological polar surface area (TPSA) is 35.5 Å². The summed E-state index contributed by atoms with van der Waals surface area (Å²) in [5, 5.41) is 0. The van der Waals surface area contributed by atoms with Gasteiger partial charge < -0.3 is 9.26 Å². The molecule has 0 aliphatic rings. The predicted octanol–water partition coefficient (Wildman–Crippen LogP) is 7.95. The van der Waals surface area contributed by atoms with E-state index in [-0.39, 0.29) is 17.0 Å². The molecular formula is C24H34ClO3P. The lowest BCUT2D eigenvalue weighted by Gasteiger charge is -2.33. The zero-order chi connectivity index (χ0) is 21.7. The van der Waals surface area contributed by atoms with Gasteiger partial charge in [0.1, 0.15) is 12.4 Å². The van der Waals surface area contributed by atoms with Crippen LogP contribution in [0.2, 0.25) is 0 Å². The smallest absolute Gasteiger partial charge is 0.294 e.